The fourth-order valence-corrected chi connectivity index (χ4v) is 0.752. The number of halogens is 2. The van der Waals surface area contributed by atoms with Gasteiger partial charge in [0.1, 0.15) is 23.3 Å². The van der Waals surface area contributed by atoms with Crippen LogP contribution < -0.4 is 0 Å². The molecular formula is C7H2ClFN2O. The zero-order valence-corrected chi connectivity index (χ0v) is 6.47. The van der Waals surface area contributed by atoms with Gasteiger partial charge in [-0.1, -0.05) is 0 Å². The second-order valence-corrected chi connectivity index (χ2v) is 2.28. The molecule has 0 aromatic carbocycles. The molecule has 1 aromatic heterocycles. The molecule has 0 bridgehead atoms. The van der Waals surface area contributed by atoms with Crippen molar-refractivity contribution in [1.82, 2.24) is 4.98 Å². The van der Waals surface area contributed by atoms with Gasteiger partial charge in [0.15, 0.2) is 0 Å². The first kappa shape index (κ1) is 8.62. The molecule has 60 valence electrons. The molecule has 1 heterocycles. The fourth-order valence-electron chi connectivity index (χ4n) is 0.655. The standard InChI is InChI=1S/C7H2ClFN2O/c8-7(12)6-2-4(9)1-5(3-10)11-6/h1-2H. The minimum atomic E-state index is -0.883. The van der Waals surface area contributed by atoms with Gasteiger partial charge in [-0.3, -0.25) is 4.79 Å². The molecule has 0 aliphatic rings. The van der Waals surface area contributed by atoms with Gasteiger partial charge in [0.25, 0.3) is 5.24 Å². The lowest BCUT2D eigenvalue weighted by atomic mass is 10.3. The number of hydrogen-bond acceptors (Lipinski definition) is 3. The van der Waals surface area contributed by atoms with Crippen LogP contribution in [0.1, 0.15) is 16.2 Å². The molecule has 0 amide bonds. The van der Waals surface area contributed by atoms with Crippen LogP contribution in [0.2, 0.25) is 0 Å². The number of nitrogens with zero attached hydrogens (tertiary/aromatic N) is 2. The van der Waals surface area contributed by atoms with E-state index in [1.54, 1.807) is 6.07 Å². The van der Waals surface area contributed by atoms with Gasteiger partial charge in [0.2, 0.25) is 0 Å². The first-order valence-corrected chi connectivity index (χ1v) is 3.29. The Bertz CT molecular complexity index is 372. The SMILES string of the molecule is N#Cc1cc(F)cc(C(=O)Cl)n1. The molecule has 0 radical (unpaired) electrons. The van der Waals surface area contributed by atoms with Gasteiger partial charge in [0.05, 0.1) is 0 Å². The molecule has 0 spiro atoms. The van der Waals surface area contributed by atoms with E-state index in [1.807, 2.05) is 0 Å². The maximum absolute atomic E-state index is 12.6. The summed E-state index contributed by atoms with van der Waals surface area (Å²) in [6.07, 6.45) is 0. The van der Waals surface area contributed by atoms with Crippen molar-refractivity contribution in [3.8, 4) is 6.07 Å². The van der Waals surface area contributed by atoms with Crippen molar-refractivity contribution in [2.75, 3.05) is 0 Å². The highest BCUT2D eigenvalue weighted by Gasteiger charge is 2.07. The minimum absolute atomic E-state index is 0.168. The first-order chi connectivity index (χ1) is 5.63. The number of aromatic nitrogens is 1. The predicted octanol–water partition coefficient (Wildman–Crippen LogP) is 1.47. The smallest absolute Gasteiger partial charge is 0.270 e. The Kier molecular flexibility index (Phi) is 2.36. The Morgan fingerprint density at radius 2 is 2.33 bits per heavy atom. The maximum atomic E-state index is 12.6. The van der Waals surface area contributed by atoms with E-state index in [4.69, 9.17) is 16.9 Å². The first-order valence-electron chi connectivity index (χ1n) is 2.91. The highest BCUT2D eigenvalue weighted by Crippen LogP contribution is 2.05. The molecule has 5 heteroatoms. The molecule has 1 rings (SSSR count). The summed E-state index contributed by atoms with van der Waals surface area (Å²) in [5, 5.41) is 7.45. The molecule has 0 saturated carbocycles. The largest absolute Gasteiger partial charge is 0.274 e. The van der Waals surface area contributed by atoms with Crippen LogP contribution in [0.5, 0.6) is 0 Å². The van der Waals surface area contributed by atoms with Crippen molar-refractivity contribution in [1.29, 1.82) is 5.26 Å². The average Bonchev–Trinajstić information content (AvgIpc) is 2.03. The Morgan fingerprint density at radius 3 is 2.83 bits per heavy atom. The second-order valence-electron chi connectivity index (χ2n) is 1.94. The number of rotatable bonds is 1. The van der Waals surface area contributed by atoms with Gasteiger partial charge in [-0.2, -0.15) is 5.26 Å². The van der Waals surface area contributed by atoms with Gasteiger partial charge in [0, 0.05) is 12.1 Å². The number of hydrogen-bond donors (Lipinski definition) is 0. The lowest BCUT2D eigenvalue weighted by Crippen LogP contribution is -1.97. The topological polar surface area (TPSA) is 53.8 Å². The summed E-state index contributed by atoms with van der Waals surface area (Å²) >= 11 is 5.03. The average molecular weight is 185 g/mol. The molecule has 0 aliphatic heterocycles. The van der Waals surface area contributed by atoms with Crippen LogP contribution in [-0.2, 0) is 0 Å². The maximum Gasteiger partial charge on any atom is 0.270 e. The Hall–Kier alpha value is -1.47. The van der Waals surface area contributed by atoms with Gasteiger partial charge in [-0.05, 0) is 11.6 Å². The molecule has 12 heavy (non-hydrogen) atoms. The molecule has 0 saturated heterocycles. The van der Waals surface area contributed by atoms with Crippen molar-refractivity contribution in [3.05, 3.63) is 29.3 Å². The third-order valence-corrected chi connectivity index (χ3v) is 1.30. The van der Waals surface area contributed by atoms with E-state index in [-0.39, 0.29) is 11.4 Å². The van der Waals surface area contributed by atoms with E-state index < -0.39 is 11.1 Å². The Balaban J connectivity index is 3.26. The van der Waals surface area contributed by atoms with E-state index in [9.17, 15) is 9.18 Å². The third kappa shape index (κ3) is 1.77. The van der Waals surface area contributed by atoms with Crippen molar-refractivity contribution in [3.63, 3.8) is 0 Å². The van der Waals surface area contributed by atoms with E-state index >= 15 is 0 Å². The summed E-state index contributed by atoms with van der Waals surface area (Å²) in [6, 6.07) is 3.39. The van der Waals surface area contributed by atoms with Gasteiger partial charge < -0.3 is 0 Å². The Labute approximate surface area is 72.4 Å². The highest BCUT2D eigenvalue weighted by atomic mass is 35.5. The van der Waals surface area contributed by atoms with E-state index in [2.05, 4.69) is 4.98 Å². The van der Waals surface area contributed by atoms with Crippen LogP contribution in [0.3, 0.4) is 0 Å². The number of carbonyl (C=O) groups is 1. The molecular weight excluding hydrogens is 183 g/mol. The molecule has 0 atom stereocenters. The van der Waals surface area contributed by atoms with Crippen LogP contribution in [0.4, 0.5) is 4.39 Å². The van der Waals surface area contributed by atoms with Crippen LogP contribution in [0.25, 0.3) is 0 Å². The molecule has 0 aliphatic carbocycles. The third-order valence-electron chi connectivity index (χ3n) is 1.11. The fraction of sp³-hybridized carbons (Fsp3) is 0. The number of nitriles is 1. The normalized spacial score (nSPS) is 9.08. The monoisotopic (exact) mass is 184 g/mol. The van der Waals surface area contributed by atoms with Crippen LogP contribution in [-0.4, -0.2) is 10.2 Å². The minimum Gasteiger partial charge on any atom is -0.274 e. The van der Waals surface area contributed by atoms with E-state index in [1.165, 1.54) is 0 Å². The van der Waals surface area contributed by atoms with Gasteiger partial charge in [-0.15, -0.1) is 0 Å². The van der Waals surface area contributed by atoms with Gasteiger partial charge >= 0.3 is 0 Å². The quantitative estimate of drug-likeness (QED) is 0.621. The van der Waals surface area contributed by atoms with Crippen LogP contribution >= 0.6 is 11.6 Å². The van der Waals surface area contributed by atoms with Crippen LogP contribution in [0.15, 0.2) is 12.1 Å². The summed E-state index contributed by atoms with van der Waals surface area (Å²) in [5.74, 6) is -0.703. The van der Waals surface area contributed by atoms with Crippen molar-refractivity contribution in [2.24, 2.45) is 0 Å². The van der Waals surface area contributed by atoms with Crippen molar-refractivity contribution in [2.45, 2.75) is 0 Å². The van der Waals surface area contributed by atoms with Crippen molar-refractivity contribution < 1.29 is 9.18 Å². The Morgan fingerprint density at radius 1 is 1.67 bits per heavy atom. The number of carbonyl (C=O) groups excluding carboxylic acids is 1. The number of pyridine rings is 1. The van der Waals surface area contributed by atoms with Crippen LogP contribution in [0, 0.1) is 17.1 Å². The van der Waals surface area contributed by atoms with E-state index in [0.29, 0.717) is 0 Å². The summed E-state index contributed by atoms with van der Waals surface area (Å²) in [5.41, 5.74) is -0.424. The van der Waals surface area contributed by atoms with Crippen molar-refractivity contribution >= 4 is 16.8 Å². The predicted molar refractivity (Wildman–Crippen MR) is 39.1 cm³/mol. The summed E-state index contributed by atoms with van der Waals surface area (Å²) < 4.78 is 12.6. The van der Waals surface area contributed by atoms with E-state index in [0.717, 1.165) is 12.1 Å². The lowest BCUT2D eigenvalue weighted by Gasteiger charge is -1.93. The molecule has 0 unspecified atom stereocenters. The lowest BCUT2D eigenvalue weighted by molar-refractivity contribution is 0.107. The zero-order valence-electron chi connectivity index (χ0n) is 5.71. The van der Waals surface area contributed by atoms with Gasteiger partial charge in [-0.25, -0.2) is 9.37 Å². The molecule has 0 N–H and O–H groups in total. The summed E-state index contributed by atoms with van der Waals surface area (Å²) in [7, 11) is 0. The molecule has 3 nitrogen and oxygen atoms in total. The molecule has 1 aromatic rings. The highest BCUT2D eigenvalue weighted by molar-refractivity contribution is 6.67. The second kappa shape index (κ2) is 3.28. The summed E-state index contributed by atoms with van der Waals surface area (Å²) in [6.45, 7) is 0. The molecule has 0 fully saturated rings. The summed E-state index contributed by atoms with van der Waals surface area (Å²) in [4.78, 5) is 14.0. The zero-order chi connectivity index (χ0) is 9.14.